The van der Waals surface area contributed by atoms with Crippen molar-refractivity contribution in [2.45, 2.75) is 18.9 Å². The van der Waals surface area contributed by atoms with Gasteiger partial charge in [0.15, 0.2) is 5.82 Å². The van der Waals surface area contributed by atoms with Gasteiger partial charge in [-0.05, 0) is 6.07 Å². The predicted molar refractivity (Wildman–Crippen MR) is 117 cm³/mol. The molecule has 31 heavy (non-hydrogen) atoms. The lowest BCUT2D eigenvalue weighted by Gasteiger charge is -2.31. The maximum Gasteiger partial charge on any atom is 0.274 e. The number of ether oxygens (including phenoxy) is 1. The van der Waals surface area contributed by atoms with Crippen molar-refractivity contribution in [3.63, 3.8) is 0 Å². The fraction of sp³-hybridized carbons (Fsp3) is 0.227. The lowest BCUT2D eigenvalue weighted by molar-refractivity contribution is 0.0591. The number of hydrogen-bond acceptors (Lipinski definition) is 6. The lowest BCUT2D eigenvalue weighted by atomic mass is 10.1. The Morgan fingerprint density at radius 2 is 1.87 bits per heavy atom. The molecule has 5 nitrogen and oxygen atoms in total. The fourth-order valence-electron chi connectivity index (χ4n) is 3.55. The molecule has 1 saturated heterocycles. The standard InChI is InChI=1S/C22H17F2N3O2S2/c23-14-10-16(24)19-18(11-14)31-22(26-19)29-15-6-8-27(9-7-15)21(28)17-12-30-20(25-17)13-4-2-1-3-5-13/h1-5,10-12,15H,6-9H2. The summed E-state index contributed by atoms with van der Waals surface area (Å²) in [5, 5.41) is 2.93. The summed E-state index contributed by atoms with van der Waals surface area (Å²) in [5.41, 5.74) is 1.56. The number of nitrogens with zero attached hydrogens (tertiary/aromatic N) is 3. The zero-order chi connectivity index (χ0) is 21.4. The lowest BCUT2D eigenvalue weighted by Crippen LogP contribution is -2.41. The molecule has 1 aliphatic heterocycles. The Kier molecular flexibility index (Phi) is 5.37. The van der Waals surface area contributed by atoms with Gasteiger partial charge in [-0.2, -0.15) is 4.98 Å². The van der Waals surface area contributed by atoms with Gasteiger partial charge in [-0.1, -0.05) is 41.7 Å². The topological polar surface area (TPSA) is 55.3 Å². The van der Waals surface area contributed by atoms with Crippen LogP contribution in [0.2, 0.25) is 0 Å². The predicted octanol–water partition coefficient (Wildman–Crippen LogP) is 5.38. The van der Waals surface area contributed by atoms with Crippen molar-refractivity contribution in [2.75, 3.05) is 13.1 Å². The Labute approximate surface area is 184 Å². The average molecular weight is 458 g/mol. The molecular formula is C22H17F2N3O2S2. The Hall–Kier alpha value is -2.91. The van der Waals surface area contributed by atoms with E-state index in [0.29, 0.717) is 41.5 Å². The molecule has 0 aliphatic carbocycles. The van der Waals surface area contributed by atoms with Crippen molar-refractivity contribution in [2.24, 2.45) is 0 Å². The number of fused-ring (bicyclic) bond motifs is 1. The molecule has 1 fully saturated rings. The Morgan fingerprint density at radius 1 is 1.10 bits per heavy atom. The van der Waals surface area contributed by atoms with Crippen molar-refractivity contribution in [3.8, 4) is 15.8 Å². The van der Waals surface area contributed by atoms with E-state index in [2.05, 4.69) is 9.97 Å². The molecule has 9 heteroatoms. The smallest absolute Gasteiger partial charge is 0.274 e. The SMILES string of the molecule is O=C(c1csc(-c2ccccc2)n1)N1CCC(Oc2nc3c(F)cc(F)cc3s2)CC1. The van der Waals surface area contributed by atoms with E-state index in [-0.39, 0.29) is 17.5 Å². The molecule has 0 bridgehead atoms. The summed E-state index contributed by atoms with van der Waals surface area (Å²) >= 11 is 2.58. The molecule has 5 rings (SSSR count). The van der Waals surface area contributed by atoms with E-state index in [1.165, 1.54) is 17.4 Å². The number of likely N-dealkylation sites (tertiary alicyclic amines) is 1. The van der Waals surface area contributed by atoms with Crippen LogP contribution in [0.5, 0.6) is 5.19 Å². The summed E-state index contributed by atoms with van der Waals surface area (Å²) in [6.07, 6.45) is 1.13. The highest BCUT2D eigenvalue weighted by atomic mass is 32.1. The average Bonchev–Trinajstić information content (AvgIpc) is 3.42. The molecule has 0 unspecified atom stereocenters. The normalized spacial score (nSPS) is 14.8. The minimum atomic E-state index is -0.695. The Balaban J connectivity index is 1.21. The largest absolute Gasteiger partial charge is 0.467 e. The van der Waals surface area contributed by atoms with Gasteiger partial charge in [-0.15, -0.1) is 11.3 Å². The maximum atomic E-state index is 13.8. The molecule has 158 valence electrons. The molecule has 0 N–H and O–H groups in total. The summed E-state index contributed by atoms with van der Waals surface area (Å²) < 4.78 is 33.5. The van der Waals surface area contributed by atoms with Crippen molar-refractivity contribution in [1.29, 1.82) is 0 Å². The zero-order valence-electron chi connectivity index (χ0n) is 16.3. The van der Waals surface area contributed by atoms with Gasteiger partial charge in [0, 0.05) is 42.9 Å². The van der Waals surface area contributed by atoms with Crippen LogP contribution in [-0.2, 0) is 0 Å². The summed E-state index contributed by atoms with van der Waals surface area (Å²) in [7, 11) is 0. The van der Waals surface area contributed by atoms with Crippen LogP contribution in [0.15, 0.2) is 47.8 Å². The number of carbonyl (C=O) groups excluding carboxylic acids is 1. The number of amides is 1. The van der Waals surface area contributed by atoms with Crippen LogP contribution in [-0.4, -0.2) is 40.0 Å². The van der Waals surface area contributed by atoms with E-state index in [9.17, 15) is 13.6 Å². The summed E-state index contributed by atoms with van der Waals surface area (Å²) in [4.78, 5) is 23.3. The van der Waals surface area contributed by atoms with Gasteiger partial charge < -0.3 is 9.64 Å². The van der Waals surface area contributed by atoms with Gasteiger partial charge in [0.25, 0.3) is 11.1 Å². The van der Waals surface area contributed by atoms with E-state index in [1.807, 2.05) is 30.3 Å². The van der Waals surface area contributed by atoms with Crippen LogP contribution in [0.1, 0.15) is 23.3 Å². The molecule has 2 aromatic heterocycles. The molecule has 2 aromatic carbocycles. The van der Waals surface area contributed by atoms with E-state index < -0.39 is 11.6 Å². The number of rotatable bonds is 4. The number of aromatic nitrogens is 2. The second kappa shape index (κ2) is 8.32. The number of thiazole rings is 2. The molecule has 0 spiro atoms. The quantitative estimate of drug-likeness (QED) is 0.413. The van der Waals surface area contributed by atoms with Crippen molar-refractivity contribution in [1.82, 2.24) is 14.9 Å². The van der Waals surface area contributed by atoms with Gasteiger partial charge in [0.1, 0.15) is 28.1 Å². The van der Waals surface area contributed by atoms with Crippen LogP contribution >= 0.6 is 22.7 Å². The zero-order valence-corrected chi connectivity index (χ0v) is 17.9. The van der Waals surface area contributed by atoms with Crippen LogP contribution < -0.4 is 4.74 Å². The van der Waals surface area contributed by atoms with Gasteiger partial charge in [-0.25, -0.2) is 13.8 Å². The molecule has 4 aromatic rings. The minimum Gasteiger partial charge on any atom is -0.467 e. The van der Waals surface area contributed by atoms with Gasteiger partial charge in [-0.3, -0.25) is 4.79 Å². The van der Waals surface area contributed by atoms with Crippen LogP contribution in [0.4, 0.5) is 8.78 Å². The summed E-state index contributed by atoms with van der Waals surface area (Å²) in [5.74, 6) is -1.42. The van der Waals surface area contributed by atoms with Crippen molar-refractivity contribution < 1.29 is 18.3 Å². The first-order chi connectivity index (χ1) is 15.1. The van der Waals surface area contributed by atoms with Crippen LogP contribution in [0, 0.1) is 11.6 Å². The van der Waals surface area contributed by atoms with Crippen LogP contribution in [0.3, 0.4) is 0 Å². The van der Waals surface area contributed by atoms with Gasteiger partial charge in [0.05, 0.1) is 4.70 Å². The van der Waals surface area contributed by atoms with Gasteiger partial charge >= 0.3 is 0 Å². The maximum absolute atomic E-state index is 13.8. The number of benzene rings is 2. The second-order valence-corrected chi connectivity index (χ2v) is 9.08. The molecule has 0 radical (unpaired) electrons. The van der Waals surface area contributed by atoms with Gasteiger partial charge in [0.2, 0.25) is 0 Å². The van der Waals surface area contributed by atoms with Crippen LogP contribution in [0.25, 0.3) is 20.8 Å². The first-order valence-electron chi connectivity index (χ1n) is 9.79. The van der Waals surface area contributed by atoms with E-state index in [1.54, 1.807) is 10.3 Å². The highest BCUT2D eigenvalue weighted by Gasteiger charge is 2.27. The number of halogens is 2. The molecule has 0 saturated carbocycles. The third kappa shape index (κ3) is 4.15. The first-order valence-corrected chi connectivity index (χ1v) is 11.5. The molecule has 1 amide bonds. The molecular weight excluding hydrogens is 440 g/mol. The third-order valence-corrected chi connectivity index (χ3v) is 6.92. The Morgan fingerprint density at radius 3 is 2.65 bits per heavy atom. The molecule has 1 aliphatic rings. The van der Waals surface area contributed by atoms with Crippen molar-refractivity contribution >= 4 is 38.8 Å². The minimum absolute atomic E-state index is 0.0885. The molecule has 0 atom stereocenters. The molecule has 3 heterocycles. The third-order valence-electron chi connectivity index (χ3n) is 5.13. The Bertz CT molecular complexity index is 1230. The highest BCUT2D eigenvalue weighted by molar-refractivity contribution is 7.20. The summed E-state index contributed by atoms with van der Waals surface area (Å²) in [6, 6.07) is 11.8. The van der Waals surface area contributed by atoms with E-state index in [4.69, 9.17) is 4.74 Å². The van der Waals surface area contributed by atoms with E-state index in [0.717, 1.165) is 28.0 Å². The first kappa shape index (κ1) is 20.0. The number of hydrogen-bond donors (Lipinski definition) is 0. The highest BCUT2D eigenvalue weighted by Crippen LogP contribution is 2.32. The fourth-order valence-corrected chi connectivity index (χ4v) is 5.27. The second-order valence-electron chi connectivity index (χ2n) is 7.23. The van der Waals surface area contributed by atoms with Crippen molar-refractivity contribution in [3.05, 3.63) is 65.2 Å². The van der Waals surface area contributed by atoms with E-state index >= 15 is 0 Å². The summed E-state index contributed by atoms with van der Waals surface area (Å²) in [6.45, 7) is 1.07. The number of piperidine rings is 1. The number of carbonyl (C=O) groups is 1. The monoisotopic (exact) mass is 457 g/mol.